The Labute approximate surface area is 155 Å². The number of imidazole rings is 1. The molecule has 0 bridgehead atoms. The van der Waals surface area contributed by atoms with E-state index < -0.39 is 11.8 Å². The molecule has 1 aromatic heterocycles. The minimum absolute atomic E-state index is 0.132. The largest absolute Gasteiger partial charge is 0.454 e. The second-order valence-corrected chi connectivity index (χ2v) is 6.08. The monoisotopic (exact) mass is 366 g/mol. The molecule has 4 rings (SSSR count). The molecule has 8 nitrogen and oxygen atoms in total. The van der Waals surface area contributed by atoms with Crippen LogP contribution < -0.4 is 20.3 Å². The lowest BCUT2D eigenvalue weighted by Gasteiger charge is -2.08. The highest BCUT2D eigenvalue weighted by atomic mass is 16.7. The summed E-state index contributed by atoms with van der Waals surface area (Å²) in [6.45, 7) is 4.90. The third-order valence-electron chi connectivity index (χ3n) is 4.44. The Kier molecular flexibility index (Phi) is 4.15. The predicted octanol–water partition coefficient (Wildman–Crippen LogP) is 2.17. The van der Waals surface area contributed by atoms with Crippen LogP contribution in [0.2, 0.25) is 0 Å². The number of carbonyl (C=O) groups excluding carboxylic acids is 2. The first-order chi connectivity index (χ1) is 13.1. The van der Waals surface area contributed by atoms with E-state index in [4.69, 9.17) is 9.47 Å². The van der Waals surface area contributed by atoms with Gasteiger partial charge in [-0.3, -0.25) is 20.4 Å². The van der Waals surface area contributed by atoms with E-state index in [1.807, 2.05) is 19.9 Å². The summed E-state index contributed by atoms with van der Waals surface area (Å²) in [4.78, 5) is 29.1. The van der Waals surface area contributed by atoms with E-state index in [1.165, 1.54) is 0 Å². The van der Waals surface area contributed by atoms with Crippen molar-refractivity contribution >= 4 is 22.8 Å². The van der Waals surface area contributed by atoms with Gasteiger partial charge >= 0.3 is 0 Å². The zero-order valence-electron chi connectivity index (χ0n) is 14.9. The SMILES string of the molecule is CCn1c(C)nc2cc(C(=O)NNC(=O)c3ccc4c(c3)OCO4)ccc21. The number of aryl methyl sites for hydroxylation is 2. The number of rotatable bonds is 3. The summed E-state index contributed by atoms with van der Waals surface area (Å²) in [5.74, 6) is 1.11. The van der Waals surface area contributed by atoms with Gasteiger partial charge in [-0.05, 0) is 50.2 Å². The molecule has 0 saturated carbocycles. The van der Waals surface area contributed by atoms with Crippen LogP contribution in [0.4, 0.5) is 0 Å². The second kappa shape index (κ2) is 6.64. The minimum atomic E-state index is -0.450. The molecule has 1 aliphatic heterocycles. The van der Waals surface area contributed by atoms with E-state index in [0.717, 1.165) is 23.4 Å². The van der Waals surface area contributed by atoms with Crippen molar-refractivity contribution in [2.75, 3.05) is 6.79 Å². The number of ether oxygens (including phenoxy) is 2. The molecule has 0 aliphatic carbocycles. The third kappa shape index (κ3) is 3.05. The lowest BCUT2D eigenvalue weighted by Crippen LogP contribution is -2.41. The van der Waals surface area contributed by atoms with Gasteiger partial charge in [-0.15, -0.1) is 0 Å². The highest BCUT2D eigenvalue weighted by molar-refractivity contribution is 6.00. The second-order valence-electron chi connectivity index (χ2n) is 6.08. The average Bonchev–Trinajstić information content (AvgIpc) is 3.27. The first-order valence-electron chi connectivity index (χ1n) is 8.54. The zero-order valence-corrected chi connectivity index (χ0v) is 14.9. The van der Waals surface area contributed by atoms with Crippen molar-refractivity contribution in [3.05, 3.63) is 53.3 Å². The molecule has 0 saturated heterocycles. The van der Waals surface area contributed by atoms with Gasteiger partial charge in [0.15, 0.2) is 11.5 Å². The van der Waals surface area contributed by atoms with Crippen LogP contribution >= 0.6 is 0 Å². The molecule has 3 aromatic rings. The standard InChI is InChI=1S/C19H18N4O4/c1-3-23-11(2)20-14-8-12(4-6-15(14)23)18(24)21-22-19(25)13-5-7-16-17(9-13)27-10-26-16/h4-9H,3,10H2,1-2H3,(H,21,24)(H,22,25). The molecular formula is C19H18N4O4. The van der Waals surface area contributed by atoms with Gasteiger partial charge in [-0.1, -0.05) is 0 Å². The van der Waals surface area contributed by atoms with Crippen molar-refractivity contribution in [2.24, 2.45) is 0 Å². The van der Waals surface area contributed by atoms with Gasteiger partial charge in [0.2, 0.25) is 6.79 Å². The normalized spacial score (nSPS) is 12.2. The van der Waals surface area contributed by atoms with Crippen molar-refractivity contribution in [1.29, 1.82) is 0 Å². The van der Waals surface area contributed by atoms with Crippen LogP contribution in [0.25, 0.3) is 11.0 Å². The number of hydrazine groups is 1. The molecule has 2 amide bonds. The first-order valence-corrected chi connectivity index (χ1v) is 8.54. The van der Waals surface area contributed by atoms with Gasteiger partial charge in [0.25, 0.3) is 11.8 Å². The number of fused-ring (bicyclic) bond motifs is 2. The van der Waals surface area contributed by atoms with Crippen LogP contribution in [0.5, 0.6) is 11.5 Å². The average molecular weight is 366 g/mol. The third-order valence-corrected chi connectivity index (χ3v) is 4.44. The number of aromatic nitrogens is 2. The summed E-state index contributed by atoms with van der Waals surface area (Å²) in [7, 11) is 0. The van der Waals surface area contributed by atoms with E-state index in [2.05, 4.69) is 20.4 Å². The number of hydrogen-bond donors (Lipinski definition) is 2. The molecule has 8 heteroatoms. The Balaban J connectivity index is 1.46. The molecule has 0 unspecified atom stereocenters. The van der Waals surface area contributed by atoms with Crippen molar-refractivity contribution in [3.8, 4) is 11.5 Å². The number of amides is 2. The van der Waals surface area contributed by atoms with Gasteiger partial charge in [-0.2, -0.15) is 0 Å². The van der Waals surface area contributed by atoms with E-state index in [-0.39, 0.29) is 6.79 Å². The lowest BCUT2D eigenvalue weighted by atomic mass is 10.2. The first kappa shape index (κ1) is 16.9. The lowest BCUT2D eigenvalue weighted by molar-refractivity contribution is 0.0846. The van der Waals surface area contributed by atoms with Gasteiger partial charge in [0.1, 0.15) is 5.82 Å². The Morgan fingerprint density at radius 3 is 2.44 bits per heavy atom. The molecule has 27 heavy (non-hydrogen) atoms. The summed E-state index contributed by atoms with van der Waals surface area (Å²) in [5.41, 5.74) is 7.30. The quantitative estimate of drug-likeness (QED) is 0.693. The van der Waals surface area contributed by atoms with E-state index in [0.29, 0.717) is 22.6 Å². The fourth-order valence-electron chi connectivity index (χ4n) is 3.09. The molecule has 2 heterocycles. The molecule has 0 spiro atoms. The molecule has 2 aromatic carbocycles. The van der Waals surface area contributed by atoms with E-state index in [9.17, 15) is 9.59 Å². The number of carbonyl (C=O) groups is 2. The number of nitrogens with zero attached hydrogens (tertiary/aromatic N) is 2. The maximum atomic E-state index is 12.4. The number of benzene rings is 2. The number of hydrogen-bond acceptors (Lipinski definition) is 5. The minimum Gasteiger partial charge on any atom is -0.454 e. The van der Waals surface area contributed by atoms with Crippen molar-refractivity contribution in [1.82, 2.24) is 20.4 Å². The van der Waals surface area contributed by atoms with Gasteiger partial charge < -0.3 is 14.0 Å². The van der Waals surface area contributed by atoms with Crippen LogP contribution in [-0.4, -0.2) is 28.2 Å². The van der Waals surface area contributed by atoms with Crippen molar-refractivity contribution in [3.63, 3.8) is 0 Å². The van der Waals surface area contributed by atoms with Crippen LogP contribution in [0.3, 0.4) is 0 Å². The summed E-state index contributed by atoms with van der Waals surface area (Å²) < 4.78 is 12.5. The molecule has 138 valence electrons. The summed E-state index contributed by atoms with van der Waals surface area (Å²) in [6, 6.07) is 10.1. The van der Waals surface area contributed by atoms with E-state index >= 15 is 0 Å². The summed E-state index contributed by atoms with van der Waals surface area (Å²) in [6.07, 6.45) is 0. The van der Waals surface area contributed by atoms with Gasteiger partial charge in [0, 0.05) is 17.7 Å². The Bertz CT molecular complexity index is 1060. The highest BCUT2D eigenvalue weighted by Crippen LogP contribution is 2.32. The van der Waals surface area contributed by atoms with Crippen LogP contribution in [-0.2, 0) is 6.54 Å². The van der Waals surface area contributed by atoms with Crippen molar-refractivity contribution in [2.45, 2.75) is 20.4 Å². The van der Waals surface area contributed by atoms with Crippen molar-refractivity contribution < 1.29 is 19.1 Å². The fourth-order valence-corrected chi connectivity index (χ4v) is 3.09. The molecule has 2 N–H and O–H groups in total. The van der Waals surface area contributed by atoms with Crippen LogP contribution in [0.15, 0.2) is 36.4 Å². The zero-order chi connectivity index (χ0) is 19.0. The maximum absolute atomic E-state index is 12.4. The maximum Gasteiger partial charge on any atom is 0.269 e. The molecule has 0 atom stereocenters. The van der Waals surface area contributed by atoms with Gasteiger partial charge in [-0.25, -0.2) is 4.98 Å². The Hall–Kier alpha value is -3.55. The Morgan fingerprint density at radius 1 is 1.04 bits per heavy atom. The fraction of sp³-hybridized carbons (Fsp3) is 0.211. The Morgan fingerprint density at radius 2 is 1.70 bits per heavy atom. The summed E-state index contributed by atoms with van der Waals surface area (Å²) in [5, 5.41) is 0. The smallest absolute Gasteiger partial charge is 0.269 e. The van der Waals surface area contributed by atoms with Crippen LogP contribution in [0, 0.1) is 6.92 Å². The summed E-state index contributed by atoms with van der Waals surface area (Å²) >= 11 is 0. The molecule has 0 radical (unpaired) electrons. The molecule has 1 aliphatic rings. The number of nitrogens with one attached hydrogen (secondary N) is 2. The molecule has 0 fully saturated rings. The topological polar surface area (TPSA) is 94.5 Å². The molecular weight excluding hydrogens is 348 g/mol. The van der Waals surface area contributed by atoms with E-state index in [1.54, 1.807) is 30.3 Å². The highest BCUT2D eigenvalue weighted by Gasteiger charge is 2.17. The van der Waals surface area contributed by atoms with Gasteiger partial charge in [0.05, 0.1) is 11.0 Å². The predicted molar refractivity (Wildman–Crippen MR) is 97.6 cm³/mol. The van der Waals surface area contributed by atoms with Crippen LogP contribution in [0.1, 0.15) is 33.5 Å².